The van der Waals surface area contributed by atoms with Crippen molar-refractivity contribution in [3.05, 3.63) is 29.8 Å². The molecule has 1 aromatic carbocycles. The third-order valence-corrected chi connectivity index (χ3v) is 4.90. The maximum absolute atomic E-state index is 5.98. The number of rotatable bonds is 12. The van der Waals surface area contributed by atoms with Gasteiger partial charge >= 0.3 is 0 Å². The lowest BCUT2D eigenvalue weighted by Crippen LogP contribution is -2.37. The Morgan fingerprint density at radius 1 is 1.15 bits per heavy atom. The minimum atomic E-state index is 0.722. The molecule has 0 amide bonds. The first-order valence-electron chi connectivity index (χ1n) is 10.1. The summed E-state index contributed by atoms with van der Waals surface area (Å²) in [5, 5.41) is 6.81. The number of ether oxygens (including phenoxy) is 1. The van der Waals surface area contributed by atoms with E-state index in [1.165, 1.54) is 31.4 Å². The van der Waals surface area contributed by atoms with Gasteiger partial charge in [0, 0.05) is 25.7 Å². The zero-order valence-corrected chi connectivity index (χ0v) is 16.8. The number of nitrogens with zero attached hydrogens (tertiary/aromatic N) is 2. The van der Waals surface area contributed by atoms with Crippen molar-refractivity contribution in [3.8, 4) is 5.75 Å². The number of aliphatic imine (C=N–C) groups is 1. The molecule has 0 bridgehead atoms. The summed E-state index contributed by atoms with van der Waals surface area (Å²) < 4.78 is 5.98. The Hall–Kier alpha value is -1.75. The number of nitrogens with one attached hydrogen (secondary N) is 2. The predicted octanol–water partition coefficient (Wildman–Crippen LogP) is 3.26. The molecule has 2 N–H and O–H groups in total. The quantitative estimate of drug-likeness (QED) is 0.341. The first-order valence-corrected chi connectivity index (χ1v) is 10.1. The van der Waals surface area contributed by atoms with Crippen molar-refractivity contribution in [1.29, 1.82) is 0 Å². The summed E-state index contributed by atoms with van der Waals surface area (Å²) in [6.07, 6.45) is 4.98. The molecule has 26 heavy (non-hydrogen) atoms. The first-order chi connectivity index (χ1) is 12.8. The minimum absolute atomic E-state index is 0.722. The number of benzene rings is 1. The van der Waals surface area contributed by atoms with Gasteiger partial charge in [-0.2, -0.15) is 0 Å². The van der Waals surface area contributed by atoms with Crippen LogP contribution in [0.4, 0.5) is 0 Å². The van der Waals surface area contributed by atoms with Crippen LogP contribution >= 0.6 is 0 Å². The third-order valence-electron chi connectivity index (χ3n) is 4.90. The van der Waals surface area contributed by atoms with E-state index in [0.29, 0.717) is 0 Å². The molecule has 1 fully saturated rings. The van der Waals surface area contributed by atoms with Crippen molar-refractivity contribution in [2.24, 2.45) is 10.9 Å². The zero-order valence-electron chi connectivity index (χ0n) is 16.8. The topological polar surface area (TPSA) is 48.9 Å². The molecule has 2 rings (SSSR count). The summed E-state index contributed by atoms with van der Waals surface area (Å²) in [7, 11) is 1.82. The minimum Gasteiger partial charge on any atom is -0.493 e. The van der Waals surface area contributed by atoms with Crippen molar-refractivity contribution in [1.82, 2.24) is 15.5 Å². The van der Waals surface area contributed by atoms with Crippen LogP contribution in [0.25, 0.3) is 0 Å². The molecule has 1 aliphatic carbocycles. The molecule has 146 valence electrons. The van der Waals surface area contributed by atoms with Gasteiger partial charge < -0.3 is 20.3 Å². The maximum atomic E-state index is 5.98. The lowest BCUT2D eigenvalue weighted by Gasteiger charge is -2.18. The SMILES string of the molecule is CCN(CC)CCCCNC(=NC)NCc1ccccc1OCC1CC1. The molecule has 0 spiro atoms. The van der Waals surface area contributed by atoms with Crippen LogP contribution in [0.5, 0.6) is 5.75 Å². The van der Waals surface area contributed by atoms with Crippen LogP contribution in [-0.2, 0) is 6.54 Å². The molecule has 0 heterocycles. The largest absolute Gasteiger partial charge is 0.493 e. The van der Waals surface area contributed by atoms with Crippen LogP contribution in [0.3, 0.4) is 0 Å². The van der Waals surface area contributed by atoms with E-state index in [9.17, 15) is 0 Å². The molecule has 0 aliphatic heterocycles. The molecule has 1 aliphatic rings. The highest BCUT2D eigenvalue weighted by Crippen LogP contribution is 2.30. The van der Waals surface area contributed by atoms with Gasteiger partial charge in [0.2, 0.25) is 0 Å². The Morgan fingerprint density at radius 2 is 1.92 bits per heavy atom. The van der Waals surface area contributed by atoms with Gasteiger partial charge in [0.05, 0.1) is 6.61 Å². The summed E-state index contributed by atoms with van der Waals surface area (Å²) in [4.78, 5) is 6.79. The summed E-state index contributed by atoms with van der Waals surface area (Å²) >= 11 is 0. The van der Waals surface area contributed by atoms with Crippen molar-refractivity contribution in [3.63, 3.8) is 0 Å². The Balaban J connectivity index is 1.68. The van der Waals surface area contributed by atoms with E-state index in [-0.39, 0.29) is 0 Å². The number of hydrogen-bond donors (Lipinski definition) is 2. The maximum Gasteiger partial charge on any atom is 0.191 e. The second-order valence-electron chi connectivity index (χ2n) is 6.95. The van der Waals surface area contributed by atoms with Gasteiger partial charge in [-0.3, -0.25) is 4.99 Å². The van der Waals surface area contributed by atoms with E-state index < -0.39 is 0 Å². The van der Waals surface area contributed by atoms with E-state index >= 15 is 0 Å². The van der Waals surface area contributed by atoms with E-state index in [4.69, 9.17) is 4.74 Å². The summed E-state index contributed by atoms with van der Waals surface area (Å²) in [6.45, 7) is 10.4. The smallest absolute Gasteiger partial charge is 0.191 e. The normalized spacial score (nSPS) is 14.5. The van der Waals surface area contributed by atoms with Crippen LogP contribution in [0.15, 0.2) is 29.3 Å². The van der Waals surface area contributed by atoms with Crippen molar-refractivity contribution >= 4 is 5.96 Å². The average molecular weight is 361 g/mol. The van der Waals surface area contributed by atoms with Crippen LogP contribution in [0, 0.1) is 5.92 Å². The molecule has 1 aromatic rings. The van der Waals surface area contributed by atoms with Gasteiger partial charge in [0.15, 0.2) is 5.96 Å². The summed E-state index contributed by atoms with van der Waals surface area (Å²) in [6, 6.07) is 8.27. The Labute approximate surface area is 159 Å². The highest BCUT2D eigenvalue weighted by Gasteiger charge is 2.22. The zero-order chi connectivity index (χ0) is 18.6. The van der Waals surface area contributed by atoms with Gasteiger partial charge in [0.25, 0.3) is 0 Å². The molecule has 1 saturated carbocycles. The molecule has 0 saturated heterocycles. The fourth-order valence-electron chi connectivity index (χ4n) is 2.89. The molecule has 0 radical (unpaired) electrons. The Kier molecular flexibility index (Phi) is 9.32. The predicted molar refractivity (Wildman–Crippen MR) is 110 cm³/mol. The number of guanidine groups is 1. The molecule has 0 aromatic heterocycles. The summed E-state index contributed by atoms with van der Waals surface area (Å²) in [5.74, 6) is 2.60. The fourth-order valence-corrected chi connectivity index (χ4v) is 2.89. The molecule has 0 unspecified atom stereocenters. The molecule has 0 atom stereocenters. The van der Waals surface area contributed by atoms with E-state index in [1.54, 1.807) is 0 Å². The van der Waals surface area contributed by atoms with Gasteiger partial charge in [-0.15, -0.1) is 0 Å². The van der Waals surface area contributed by atoms with Crippen molar-refractivity contribution in [2.45, 2.75) is 46.1 Å². The van der Waals surface area contributed by atoms with Crippen LogP contribution in [0.2, 0.25) is 0 Å². The third kappa shape index (κ3) is 7.65. The molecular formula is C21H36N4O. The molecule has 5 nitrogen and oxygen atoms in total. The van der Waals surface area contributed by atoms with Crippen LogP contribution < -0.4 is 15.4 Å². The first kappa shape index (κ1) is 20.6. The van der Waals surface area contributed by atoms with Gasteiger partial charge in [-0.25, -0.2) is 0 Å². The van der Waals surface area contributed by atoms with Crippen molar-refractivity contribution < 1.29 is 4.74 Å². The van der Waals surface area contributed by atoms with Gasteiger partial charge in [0.1, 0.15) is 5.75 Å². The second kappa shape index (κ2) is 11.8. The van der Waals surface area contributed by atoms with Gasteiger partial charge in [-0.05, 0) is 57.3 Å². The van der Waals surface area contributed by atoms with Crippen molar-refractivity contribution in [2.75, 3.05) is 39.8 Å². The highest BCUT2D eigenvalue weighted by atomic mass is 16.5. The molecular weight excluding hydrogens is 324 g/mol. The standard InChI is InChI=1S/C21H36N4O/c1-4-25(5-2)15-9-8-14-23-21(22-3)24-16-19-10-6-7-11-20(19)26-17-18-12-13-18/h6-7,10-11,18H,4-5,8-9,12-17H2,1-3H3,(H2,22,23,24). The Bertz CT molecular complexity index is 539. The fraction of sp³-hybridized carbons (Fsp3) is 0.667. The highest BCUT2D eigenvalue weighted by molar-refractivity contribution is 5.79. The number of para-hydroxylation sites is 1. The summed E-state index contributed by atoms with van der Waals surface area (Å²) in [5.41, 5.74) is 1.18. The Morgan fingerprint density at radius 3 is 2.62 bits per heavy atom. The lowest BCUT2D eigenvalue weighted by molar-refractivity contribution is 0.296. The lowest BCUT2D eigenvalue weighted by atomic mass is 10.2. The number of unbranched alkanes of at least 4 members (excludes halogenated alkanes) is 1. The van der Waals surface area contributed by atoms with E-state index in [0.717, 1.165) is 56.8 Å². The van der Waals surface area contributed by atoms with Crippen LogP contribution in [0.1, 0.15) is 45.1 Å². The van der Waals surface area contributed by atoms with Gasteiger partial charge in [-0.1, -0.05) is 32.0 Å². The van der Waals surface area contributed by atoms with E-state index in [2.05, 4.69) is 52.6 Å². The second-order valence-corrected chi connectivity index (χ2v) is 6.95. The van der Waals surface area contributed by atoms with E-state index in [1.807, 2.05) is 13.1 Å². The monoisotopic (exact) mass is 360 g/mol. The van der Waals surface area contributed by atoms with Crippen LogP contribution in [-0.4, -0.2) is 50.7 Å². The number of hydrogen-bond acceptors (Lipinski definition) is 3. The molecule has 5 heteroatoms. The average Bonchev–Trinajstić information content (AvgIpc) is 3.50.